The Morgan fingerprint density at radius 2 is 1.52 bits per heavy atom. The number of likely N-dealkylation sites (tertiary alicyclic amines) is 1. The van der Waals surface area contributed by atoms with Gasteiger partial charge in [-0.15, -0.1) is 0 Å². The van der Waals surface area contributed by atoms with Gasteiger partial charge in [0.1, 0.15) is 5.56 Å². The summed E-state index contributed by atoms with van der Waals surface area (Å²) in [6.07, 6.45) is 5.24. The van der Waals surface area contributed by atoms with E-state index in [-0.39, 0.29) is 21.8 Å². The predicted octanol–water partition coefficient (Wildman–Crippen LogP) is 4.58. The van der Waals surface area contributed by atoms with Crippen molar-refractivity contribution in [3.63, 3.8) is 0 Å². The molecule has 3 aromatic rings. The summed E-state index contributed by atoms with van der Waals surface area (Å²) in [5, 5.41) is 11.2. The van der Waals surface area contributed by atoms with Gasteiger partial charge in [0.2, 0.25) is 5.88 Å². The number of aliphatic imine (C=N–C) groups is 1. The highest BCUT2D eigenvalue weighted by molar-refractivity contribution is 7.71. The zero-order valence-electron chi connectivity index (χ0n) is 19.2. The van der Waals surface area contributed by atoms with Gasteiger partial charge >= 0.3 is 0 Å². The molecule has 1 aliphatic heterocycles. The molecule has 1 saturated heterocycles. The van der Waals surface area contributed by atoms with Gasteiger partial charge in [-0.2, -0.15) is 0 Å². The lowest BCUT2D eigenvalue weighted by molar-refractivity contribution is 0.235. The number of piperidine rings is 1. The summed E-state index contributed by atoms with van der Waals surface area (Å²) >= 11 is 5.75. The molecule has 0 unspecified atom stereocenters. The number of hydrogen-bond donors (Lipinski definition) is 1. The fraction of sp³-hybridized carbons (Fsp3) is 0.346. The molecule has 2 heterocycles. The quantitative estimate of drug-likeness (QED) is 0.430. The van der Waals surface area contributed by atoms with Gasteiger partial charge in [-0.1, -0.05) is 42.8 Å². The smallest absolute Gasteiger partial charge is 0.271 e. The van der Waals surface area contributed by atoms with E-state index in [1.807, 2.05) is 62.4 Å². The van der Waals surface area contributed by atoms with Crippen LogP contribution >= 0.6 is 12.2 Å². The van der Waals surface area contributed by atoms with Crippen LogP contribution in [0.5, 0.6) is 5.88 Å². The molecule has 7 heteroatoms. The van der Waals surface area contributed by atoms with Crippen LogP contribution in [0.25, 0.3) is 11.4 Å². The standard InChI is InChI=1S/C26H30N4O2S/c1-19-10-4-6-12-22(19)29-24(31)21(18-27-14-17-28-15-8-3-9-16-28)25(32)30(26(29)33)23-13-7-5-11-20(23)2/h4-7,10-13,18,31H,3,8-9,14-17H2,1-2H3. The van der Waals surface area contributed by atoms with Crippen LogP contribution in [0.3, 0.4) is 0 Å². The van der Waals surface area contributed by atoms with E-state index in [1.165, 1.54) is 30.0 Å². The van der Waals surface area contributed by atoms with Gasteiger partial charge in [0.25, 0.3) is 5.56 Å². The van der Waals surface area contributed by atoms with Crippen molar-refractivity contribution in [2.75, 3.05) is 26.2 Å². The maximum absolute atomic E-state index is 13.5. The Labute approximate surface area is 199 Å². The summed E-state index contributed by atoms with van der Waals surface area (Å²) in [5.41, 5.74) is 3.03. The van der Waals surface area contributed by atoms with E-state index in [4.69, 9.17) is 12.2 Å². The SMILES string of the molecule is Cc1ccccc1-n1c(O)c(C=NCCN2CCCCC2)c(=O)n(-c2ccccc2C)c1=S. The van der Waals surface area contributed by atoms with E-state index in [9.17, 15) is 9.90 Å². The van der Waals surface area contributed by atoms with Crippen molar-refractivity contribution in [3.05, 3.63) is 80.3 Å². The van der Waals surface area contributed by atoms with Crippen LogP contribution in [0.15, 0.2) is 58.3 Å². The average Bonchev–Trinajstić information content (AvgIpc) is 2.81. The summed E-state index contributed by atoms with van der Waals surface area (Å²) in [6.45, 7) is 7.50. The van der Waals surface area contributed by atoms with Gasteiger partial charge in [-0.05, 0) is 75.3 Å². The van der Waals surface area contributed by atoms with Gasteiger partial charge < -0.3 is 10.0 Å². The molecule has 1 aliphatic rings. The van der Waals surface area contributed by atoms with E-state index in [2.05, 4.69) is 9.89 Å². The molecular weight excluding hydrogens is 432 g/mol. The monoisotopic (exact) mass is 462 g/mol. The van der Waals surface area contributed by atoms with E-state index >= 15 is 0 Å². The number of aryl methyl sites for hydroxylation is 2. The van der Waals surface area contributed by atoms with Crippen LogP contribution in [0.2, 0.25) is 0 Å². The normalized spacial score (nSPS) is 14.7. The Hall–Kier alpha value is -3.03. The highest BCUT2D eigenvalue weighted by atomic mass is 32.1. The number of para-hydroxylation sites is 2. The molecule has 172 valence electrons. The zero-order chi connectivity index (χ0) is 23.4. The molecule has 0 spiro atoms. The maximum atomic E-state index is 13.5. The molecule has 0 aliphatic carbocycles. The molecule has 6 nitrogen and oxygen atoms in total. The largest absolute Gasteiger partial charge is 0.494 e. The second kappa shape index (κ2) is 10.3. The Morgan fingerprint density at radius 3 is 2.12 bits per heavy atom. The van der Waals surface area contributed by atoms with Crippen molar-refractivity contribution in [1.82, 2.24) is 14.0 Å². The van der Waals surface area contributed by atoms with Crippen LogP contribution in [-0.2, 0) is 0 Å². The molecule has 0 saturated carbocycles. The molecule has 0 bridgehead atoms. The van der Waals surface area contributed by atoms with Gasteiger partial charge in [-0.25, -0.2) is 0 Å². The van der Waals surface area contributed by atoms with Crippen LogP contribution in [0.4, 0.5) is 0 Å². The molecule has 2 aromatic carbocycles. The molecule has 1 N–H and O–H groups in total. The lowest BCUT2D eigenvalue weighted by Gasteiger charge is -2.25. The first-order valence-electron chi connectivity index (χ1n) is 11.4. The van der Waals surface area contributed by atoms with Gasteiger partial charge in [0, 0.05) is 12.8 Å². The van der Waals surface area contributed by atoms with E-state index in [0.717, 1.165) is 36.4 Å². The summed E-state index contributed by atoms with van der Waals surface area (Å²) in [6, 6.07) is 15.3. The number of aromatic hydroxyl groups is 1. The van der Waals surface area contributed by atoms with E-state index < -0.39 is 0 Å². The summed E-state index contributed by atoms with van der Waals surface area (Å²) < 4.78 is 3.26. The Kier molecular flexibility index (Phi) is 7.20. The molecule has 33 heavy (non-hydrogen) atoms. The number of aromatic nitrogens is 2. The van der Waals surface area contributed by atoms with Crippen molar-refractivity contribution in [2.45, 2.75) is 33.1 Å². The van der Waals surface area contributed by atoms with Crippen molar-refractivity contribution < 1.29 is 5.11 Å². The third-order valence-electron chi connectivity index (χ3n) is 6.20. The molecular formula is C26H30N4O2S. The second-order valence-corrected chi connectivity index (χ2v) is 8.87. The molecule has 4 rings (SSSR count). The van der Waals surface area contributed by atoms with Gasteiger partial charge in [-0.3, -0.25) is 18.9 Å². The molecule has 0 radical (unpaired) electrons. The first-order valence-corrected chi connectivity index (χ1v) is 11.8. The topological polar surface area (TPSA) is 62.8 Å². The summed E-state index contributed by atoms with van der Waals surface area (Å²) in [7, 11) is 0. The fourth-order valence-electron chi connectivity index (χ4n) is 4.32. The van der Waals surface area contributed by atoms with Crippen molar-refractivity contribution in [2.24, 2.45) is 4.99 Å². The Morgan fingerprint density at radius 1 is 0.939 bits per heavy atom. The lowest BCUT2D eigenvalue weighted by atomic mass is 10.1. The highest BCUT2D eigenvalue weighted by Crippen LogP contribution is 2.24. The summed E-state index contributed by atoms with van der Waals surface area (Å²) in [4.78, 5) is 20.5. The molecule has 0 atom stereocenters. The Balaban J connectivity index is 1.83. The molecule has 1 fully saturated rings. The van der Waals surface area contributed by atoms with E-state index in [1.54, 1.807) is 4.57 Å². The predicted molar refractivity (Wildman–Crippen MR) is 136 cm³/mol. The Bertz CT molecular complexity index is 1290. The average molecular weight is 463 g/mol. The lowest BCUT2D eigenvalue weighted by Crippen LogP contribution is -2.32. The van der Waals surface area contributed by atoms with Crippen LogP contribution in [-0.4, -0.2) is 51.5 Å². The first kappa shape index (κ1) is 23.1. The van der Waals surface area contributed by atoms with Gasteiger partial charge in [0.05, 0.1) is 17.9 Å². The minimum absolute atomic E-state index is 0.133. The molecule has 1 aromatic heterocycles. The van der Waals surface area contributed by atoms with E-state index in [0.29, 0.717) is 12.2 Å². The maximum Gasteiger partial charge on any atom is 0.271 e. The number of benzene rings is 2. The number of rotatable bonds is 6. The first-order chi connectivity index (χ1) is 16.0. The van der Waals surface area contributed by atoms with Crippen LogP contribution in [0.1, 0.15) is 36.0 Å². The zero-order valence-corrected chi connectivity index (χ0v) is 20.0. The second-order valence-electron chi connectivity index (χ2n) is 8.51. The molecule has 0 amide bonds. The van der Waals surface area contributed by atoms with Gasteiger partial charge in [0.15, 0.2) is 4.77 Å². The van der Waals surface area contributed by atoms with Crippen LogP contribution < -0.4 is 5.56 Å². The number of nitrogens with zero attached hydrogens (tertiary/aromatic N) is 4. The number of hydrogen-bond acceptors (Lipinski definition) is 5. The third kappa shape index (κ3) is 4.84. The summed E-state index contributed by atoms with van der Waals surface area (Å²) in [5.74, 6) is -0.189. The van der Waals surface area contributed by atoms with Crippen molar-refractivity contribution in [3.8, 4) is 17.3 Å². The third-order valence-corrected chi connectivity index (χ3v) is 6.56. The van der Waals surface area contributed by atoms with Crippen molar-refractivity contribution >= 4 is 18.4 Å². The minimum Gasteiger partial charge on any atom is -0.494 e. The van der Waals surface area contributed by atoms with Crippen LogP contribution in [0, 0.1) is 18.6 Å². The fourth-order valence-corrected chi connectivity index (χ4v) is 4.69. The van der Waals surface area contributed by atoms with Crippen molar-refractivity contribution in [1.29, 1.82) is 0 Å². The highest BCUT2D eigenvalue weighted by Gasteiger charge is 2.19. The minimum atomic E-state index is -0.377.